The number of rotatable bonds is 8. The molecule has 7 heteroatoms. The van der Waals surface area contributed by atoms with E-state index in [4.69, 9.17) is 0 Å². The third kappa shape index (κ3) is 5.75. The number of hydrogen-bond acceptors (Lipinski definition) is 3. The molecule has 1 aromatic heterocycles. The fourth-order valence-electron chi connectivity index (χ4n) is 3.89. The fourth-order valence-corrected chi connectivity index (χ4v) is 3.89. The van der Waals surface area contributed by atoms with Crippen molar-refractivity contribution < 1.29 is 4.79 Å². The average Bonchev–Trinajstić information content (AvgIpc) is 3.48. The van der Waals surface area contributed by atoms with Crippen molar-refractivity contribution >= 4 is 11.9 Å². The van der Waals surface area contributed by atoms with Gasteiger partial charge >= 0.3 is 0 Å². The Morgan fingerprint density at radius 2 is 1.72 bits per heavy atom. The highest BCUT2D eigenvalue weighted by Crippen LogP contribution is 2.15. The Hall–Kier alpha value is -3.61. The number of benzene rings is 2. The first-order valence-electron chi connectivity index (χ1n) is 11.1. The lowest BCUT2D eigenvalue weighted by Gasteiger charge is -2.16. The number of nitrogens with zero attached hydrogens (tertiary/aromatic N) is 4. The first kappa shape index (κ1) is 21.6. The third-order valence-corrected chi connectivity index (χ3v) is 5.71. The van der Waals surface area contributed by atoms with Gasteiger partial charge in [-0.05, 0) is 34.7 Å². The van der Waals surface area contributed by atoms with Crippen molar-refractivity contribution in [2.75, 3.05) is 13.6 Å². The van der Waals surface area contributed by atoms with Crippen LogP contribution in [-0.4, -0.2) is 40.1 Å². The standard InChI is InChI=1S/C25H30N6O/c1-26-25(28-17-22-6-2-3-7-23(22)19-31-15-5-13-29-31)27-16-20-9-11-21(12-10-20)18-30-14-4-8-24(30)32/h2-3,5-7,9-13,15H,4,8,14,16-19H2,1H3,(H2,26,27,28). The van der Waals surface area contributed by atoms with Gasteiger partial charge < -0.3 is 15.5 Å². The molecule has 0 unspecified atom stereocenters. The Morgan fingerprint density at radius 3 is 2.41 bits per heavy atom. The lowest BCUT2D eigenvalue weighted by Crippen LogP contribution is -2.36. The zero-order chi connectivity index (χ0) is 22.2. The van der Waals surface area contributed by atoms with Crippen LogP contribution in [0.25, 0.3) is 0 Å². The normalized spacial score (nSPS) is 14.1. The maximum Gasteiger partial charge on any atom is 0.222 e. The van der Waals surface area contributed by atoms with E-state index < -0.39 is 0 Å². The Morgan fingerprint density at radius 1 is 0.969 bits per heavy atom. The topological polar surface area (TPSA) is 74.6 Å². The summed E-state index contributed by atoms with van der Waals surface area (Å²) in [6.07, 6.45) is 5.42. The largest absolute Gasteiger partial charge is 0.352 e. The van der Waals surface area contributed by atoms with Crippen LogP contribution in [0.5, 0.6) is 0 Å². The van der Waals surface area contributed by atoms with Crippen LogP contribution in [0.3, 0.4) is 0 Å². The highest BCUT2D eigenvalue weighted by Gasteiger charge is 2.19. The summed E-state index contributed by atoms with van der Waals surface area (Å²) in [5, 5.41) is 11.1. The van der Waals surface area contributed by atoms with E-state index in [1.54, 1.807) is 13.2 Å². The SMILES string of the molecule is CN=C(NCc1ccc(CN2CCCC2=O)cc1)NCc1ccccc1Cn1cccn1. The van der Waals surface area contributed by atoms with Gasteiger partial charge in [0.1, 0.15) is 0 Å². The molecule has 1 aliphatic heterocycles. The van der Waals surface area contributed by atoms with Gasteiger partial charge in [0.2, 0.25) is 5.91 Å². The molecule has 0 radical (unpaired) electrons. The summed E-state index contributed by atoms with van der Waals surface area (Å²) >= 11 is 0. The number of aliphatic imine (C=N–C) groups is 1. The second-order valence-electron chi connectivity index (χ2n) is 7.99. The summed E-state index contributed by atoms with van der Waals surface area (Å²) in [6.45, 7) is 3.67. The van der Waals surface area contributed by atoms with E-state index in [1.807, 2.05) is 21.8 Å². The first-order chi connectivity index (χ1) is 15.7. The number of likely N-dealkylation sites (tertiary alicyclic amines) is 1. The maximum absolute atomic E-state index is 11.8. The maximum atomic E-state index is 11.8. The molecule has 7 nitrogen and oxygen atoms in total. The second kappa shape index (κ2) is 10.6. The fraction of sp³-hybridized carbons (Fsp3) is 0.320. The van der Waals surface area contributed by atoms with Crippen molar-refractivity contribution in [1.82, 2.24) is 25.3 Å². The van der Waals surface area contributed by atoms with E-state index in [2.05, 4.69) is 69.3 Å². The van der Waals surface area contributed by atoms with E-state index >= 15 is 0 Å². The van der Waals surface area contributed by atoms with Crippen molar-refractivity contribution in [3.05, 3.63) is 89.2 Å². The predicted molar refractivity (Wildman–Crippen MR) is 126 cm³/mol. The molecule has 0 aliphatic carbocycles. The summed E-state index contributed by atoms with van der Waals surface area (Å²) in [4.78, 5) is 18.1. The summed E-state index contributed by atoms with van der Waals surface area (Å²) in [6, 6.07) is 18.7. The first-order valence-corrected chi connectivity index (χ1v) is 11.1. The monoisotopic (exact) mass is 430 g/mol. The molecular formula is C25H30N6O. The molecule has 0 atom stereocenters. The lowest BCUT2D eigenvalue weighted by molar-refractivity contribution is -0.128. The molecule has 32 heavy (non-hydrogen) atoms. The van der Waals surface area contributed by atoms with E-state index in [-0.39, 0.29) is 5.91 Å². The van der Waals surface area contributed by atoms with Crippen LogP contribution >= 0.6 is 0 Å². The molecular weight excluding hydrogens is 400 g/mol. The quantitative estimate of drug-likeness (QED) is 0.426. The smallest absolute Gasteiger partial charge is 0.222 e. The molecule has 0 spiro atoms. The van der Waals surface area contributed by atoms with Crippen molar-refractivity contribution in [1.29, 1.82) is 0 Å². The highest BCUT2D eigenvalue weighted by atomic mass is 16.2. The van der Waals surface area contributed by atoms with Crippen LogP contribution in [0.2, 0.25) is 0 Å². The van der Waals surface area contributed by atoms with Crippen molar-refractivity contribution in [2.45, 2.75) is 39.0 Å². The molecule has 3 aromatic rings. The van der Waals surface area contributed by atoms with Gasteiger partial charge in [-0.25, -0.2) is 0 Å². The molecule has 2 N–H and O–H groups in total. The zero-order valence-corrected chi connectivity index (χ0v) is 18.5. The summed E-state index contributed by atoms with van der Waals surface area (Å²) in [7, 11) is 1.78. The van der Waals surface area contributed by atoms with Gasteiger partial charge in [-0.2, -0.15) is 5.10 Å². The zero-order valence-electron chi connectivity index (χ0n) is 18.5. The molecule has 1 saturated heterocycles. The molecule has 4 rings (SSSR count). The van der Waals surface area contributed by atoms with Crippen LogP contribution in [0, 0.1) is 0 Å². The molecule has 166 valence electrons. The van der Waals surface area contributed by atoms with Crippen molar-refractivity contribution in [3.8, 4) is 0 Å². The average molecular weight is 431 g/mol. The Balaban J connectivity index is 1.28. The number of aromatic nitrogens is 2. The van der Waals surface area contributed by atoms with Gasteiger partial charge in [-0.3, -0.25) is 14.5 Å². The van der Waals surface area contributed by atoms with Crippen LogP contribution in [0.4, 0.5) is 0 Å². The Bertz CT molecular complexity index is 1040. The summed E-state index contributed by atoms with van der Waals surface area (Å²) < 4.78 is 1.93. The second-order valence-corrected chi connectivity index (χ2v) is 7.99. The van der Waals surface area contributed by atoms with Crippen LogP contribution < -0.4 is 10.6 Å². The van der Waals surface area contributed by atoms with E-state index in [0.29, 0.717) is 26.1 Å². The van der Waals surface area contributed by atoms with Gasteiger partial charge in [-0.1, -0.05) is 48.5 Å². The summed E-state index contributed by atoms with van der Waals surface area (Å²) in [5.74, 6) is 1.02. The number of carbonyl (C=O) groups excluding carboxylic acids is 1. The molecule has 0 saturated carbocycles. The number of amides is 1. The van der Waals surface area contributed by atoms with Gasteiger partial charge in [0.25, 0.3) is 0 Å². The van der Waals surface area contributed by atoms with Gasteiger partial charge in [0, 0.05) is 52.0 Å². The molecule has 2 aromatic carbocycles. The van der Waals surface area contributed by atoms with Gasteiger partial charge in [0.15, 0.2) is 5.96 Å². The number of guanidine groups is 1. The van der Waals surface area contributed by atoms with Crippen LogP contribution in [-0.2, 0) is 31.0 Å². The van der Waals surface area contributed by atoms with E-state index in [1.165, 1.54) is 22.3 Å². The Labute approximate surface area is 189 Å². The minimum atomic E-state index is 0.261. The molecule has 0 bridgehead atoms. The minimum Gasteiger partial charge on any atom is -0.352 e. The third-order valence-electron chi connectivity index (χ3n) is 5.71. The van der Waals surface area contributed by atoms with Crippen molar-refractivity contribution in [3.63, 3.8) is 0 Å². The minimum absolute atomic E-state index is 0.261. The van der Waals surface area contributed by atoms with Gasteiger partial charge in [0.05, 0.1) is 6.54 Å². The molecule has 2 heterocycles. The van der Waals surface area contributed by atoms with Crippen LogP contribution in [0.15, 0.2) is 72.0 Å². The number of hydrogen-bond donors (Lipinski definition) is 2. The number of nitrogens with one attached hydrogen (secondary N) is 2. The highest BCUT2D eigenvalue weighted by molar-refractivity contribution is 5.79. The lowest BCUT2D eigenvalue weighted by atomic mass is 10.1. The summed E-state index contributed by atoms with van der Waals surface area (Å²) in [5.41, 5.74) is 4.78. The number of carbonyl (C=O) groups is 1. The van der Waals surface area contributed by atoms with Gasteiger partial charge in [-0.15, -0.1) is 0 Å². The predicted octanol–water partition coefficient (Wildman–Crippen LogP) is 2.92. The van der Waals surface area contributed by atoms with E-state index in [0.717, 1.165) is 25.5 Å². The molecule has 1 amide bonds. The Kier molecular flexibility index (Phi) is 7.17. The molecule has 1 fully saturated rings. The van der Waals surface area contributed by atoms with E-state index in [9.17, 15) is 4.79 Å². The van der Waals surface area contributed by atoms with Crippen LogP contribution in [0.1, 0.15) is 35.1 Å². The molecule has 1 aliphatic rings. The van der Waals surface area contributed by atoms with Crippen molar-refractivity contribution in [2.24, 2.45) is 4.99 Å².